The maximum absolute atomic E-state index is 12.4. The predicted molar refractivity (Wildman–Crippen MR) is 77.6 cm³/mol. The van der Waals surface area contributed by atoms with E-state index in [1.807, 2.05) is 18.5 Å². The molecule has 1 atom stereocenters. The van der Waals surface area contributed by atoms with Crippen molar-refractivity contribution in [2.75, 3.05) is 6.61 Å². The van der Waals surface area contributed by atoms with Gasteiger partial charge in [-0.1, -0.05) is 13.3 Å². The summed E-state index contributed by atoms with van der Waals surface area (Å²) in [5.41, 5.74) is 1.00. The van der Waals surface area contributed by atoms with Crippen molar-refractivity contribution in [3.63, 3.8) is 0 Å². The number of aliphatic hydroxyl groups excluding tert-OH is 1. The Hall–Kier alpha value is -1.36. The molecule has 5 heteroatoms. The number of hydrogen-bond acceptors (Lipinski definition) is 3. The van der Waals surface area contributed by atoms with E-state index in [1.54, 1.807) is 6.20 Å². The molecule has 0 aromatic carbocycles. The Morgan fingerprint density at radius 1 is 1.60 bits per heavy atom. The number of carbonyl (C=O) groups excluding carboxylic acids is 1. The van der Waals surface area contributed by atoms with Crippen molar-refractivity contribution in [3.05, 3.63) is 17.5 Å². The fourth-order valence-corrected chi connectivity index (χ4v) is 2.52. The van der Waals surface area contributed by atoms with E-state index in [-0.39, 0.29) is 12.5 Å². The summed E-state index contributed by atoms with van der Waals surface area (Å²) >= 11 is 0. The predicted octanol–water partition coefficient (Wildman–Crippen LogP) is 1.88. The quantitative estimate of drug-likeness (QED) is 0.801. The highest BCUT2D eigenvalue weighted by molar-refractivity contribution is 5.95. The van der Waals surface area contributed by atoms with Crippen molar-refractivity contribution < 1.29 is 9.90 Å². The van der Waals surface area contributed by atoms with Crippen molar-refractivity contribution in [1.82, 2.24) is 15.1 Å². The van der Waals surface area contributed by atoms with E-state index in [0.29, 0.717) is 11.5 Å². The molecule has 20 heavy (non-hydrogen) atoms. The van der Waals surface area contributed by atoms with E-state index >= 15 is 0 Å². The van der Waals surface area contributed by atoms with Crippen LogP contribution in [0.3, 0.4) is 0 Å². The zero-order valence-corrected chi connectivity index (χ0v) is 12.6. The summed E-state index contributed by atoms with van der Waals surface area (Å²) in [5.74, 6) is 0.264. The second-order valence-corrected chi connectivity index (χ2v) is 6.02. The summed E-state index contributed by atoms with van der Waals surface area (Å²) in [5, 5.41) is 16.8. The van der Waals surface area contributed by atoms with Crippen LogP contribution in [0.15, 0.2) is 6.20 Å². The van der Waals surface area contributed by atoms with Gasteiger partial charge in [-0.25, -0.2) is 0 Å². The van der Waals surface area contributed by atoms with Crippen LogP contribution in [0.5, 0.6) is 0 Å². The first-order valence-electron chi connectivity index (χ1n) is 7.47. The van der Waals surface area contributed by atoms with Gasteiger partial charge in [-0.15, -0.1) is 0 Å². The average molecular weight is 279 g/mol. The van der Waals surface area contributed by atoms with Gasteiger partial charge in [0, 0.05) is 12.2 Å². The lowest BCUT2D eigenvalue weighted by Crippen LogP contribution is -2.50. The first-order chi connectivity index (χ1) is 9.51. The number of carbonyl (C=O) groups is 1. The molecule has 1 aromatic rings. The van der Waals surface area contributed by atoms with Crippen LogP contribution in [-0.4, -0.2) is 32.9 Å². The van der Waals surface area contributed by atoms with Gasteiger partial charge < -0.3 is 10.4 Å². The smallest absolute Gasteiger partial charge is 0.255 e. The van der Waals surface area contributed by atoms with Crippen LogP contribution in [-0.2, 0) is 6.54 Å². The van der Waals surface area contributed by atoms with Gasteiger partial charge in [0.25, 0.3) is 5.91 Å². The number of rotatable bonds is 7. The first-order valence-corrected chi connectivity index (χ1v) is 7.47. The van der Waals surface area contributed by atoms with E-state index < -0.39 is 5.54 Å². The maximum atomic E-state index is 12.4. The molecule has 1 amide bonds. The highest BCUT2D eigenvalue weighted by atomic mass is 16.3. The lowest BCUT2D eigenvalue weighted by molar-refractivity contribution is 0.0824. The summed E-state index contributed by atoms with van der Waals surface area (Å²) in [6.07, 6.45) is 5.94. The molecule has 0 spiro atoms. The number of amides is 1. The van der Waals surface area contributed by atoms with E-state index in [0.717, 1.165) is 37.9 Å². The summed E-state index contributed by atoms with van der Waals surface area (Å²) in [4.78, 5) is 12.4. The standard InChI is InChI=1S/C15H25N3O2/c1-4-5-8-18-11(2)13(9-16-18)14(20)17-15(3,10-19)12-6-7-12/h9,12,19H,4-8,10H2,1-3H3,(H,17,20). The van der Waals surface area contributed by atoms with Crippen LogP contribution in [0.2, 0.25) is 0 Å². The Kier molecular flexibility index (Phi) is 4.48. The Bertz CT molecular complexity index is 479. The van der Waals surface area contributed by atoms with Crippen LogP contribution in [0.1, 0.15) is 55.6 Å². The summed E-state index contributed by atoms with van der Waals surface area (Å²) in [7, 11) is 0. The topological polar surface area (TPSA) is 67.2 Å². The molecule has 1 fully saturated rings. The Morgan fingerprint density at radius 2 is 2.30 bits per heavy atom. The Balaban J connectivity index is 2.07. The van der Waals surface area contributed by atoms with Crippen LogP contribution in [0.4, 0.5) is 0 Å². The molecule has 5 nitrogen and oxygen atoms in total. The Morgan fingerprint density at radius 3 is 2.85 bits per heavy atom. The van der Waals surface area contributed by atoms with Crippen LogP contribution in [0, 0.1) is 12.8 Å². The van der Waals surface area contributed by atoms with E-state index in [9.17, 15) is 9.90 Å². The number of nitrogens with zero attached hydrogens (tertiary/aromatic N) is 2. The molecule has 0 bridgehead atoms. The fourth-order valence-electron chi connectivity index (χ4n) is 2.52. The monoisotopic (exact) mass is 279 g/mol. The van der Waals surface area contributed by atoms with Crippen molar-refractivity contribution in [1.29, 1.82) is 0 Å². The van der Waals surface area contributed by atoms with Crippen molar-refractivity contribution in [3.8, 4) is 0 Å². The number of aliphatic hydroxyl groups is 1. The minimum atomic E-state index is -0.505. The third-order valence-electron chi connectivity index (χ3n) is 4.28. The number of unbranched alkanes of at least 4 members (excludes halogenated alkanes) is 1. The number of aromatic nitrogens is 2. The molecule has 1 saturated carbocycles. The highest BCUT2D eigenvalue weighted by Gasteiger charge is 2.42. The molecule has 0 aliphatic heterocycles. The van der Waals surface area contributed by atoms with Crippen LogP contribution < -0.4 is 5.32 Å². The number of hydrogen-bond donors (Lipinski definition) is 2. The molecule has 2 rings (SSSR count). The zero-order valence-electron chi connectivity index (χ0n) is 12.6. The summed E-state index contributed by atoms with van der Waals surface area (Å²) < 4.78 is 1.88. The molecular formula is C15H25N3O2. The third kappa shape index (κ3) is 3.03. The molecule has 0 radical (unpaired) electrons. The molecule has 112 valence electrons. The van der Waals surface area contributed by atoms with Crippen molar-refractivity contribution in [2.24, 2.45) is 5.92 Å². The lowest BCUT2D eigenvalue weighted by Gasteiger charge is -2.28. The summed E-state index contributed by atoms with van der Waals surface area (Å²) in [6.45, 7) is 6.79. The molecule has 1 aromatic heterocycles. The third-order valence-corrected chi connectivity index (χ3v) is 4.28. The number of aryl methyl sites for hydroxylation is 1. The second kappa shape index (κ2) is 5.95. The lowest BCUT2D eigenvalue weighted by atomic mass is 9.96. The summed E-state index contributed by atoms with van der Waals surface area (Å²) in [6, 6.07) is 0. The van der Waals surface area contributed by atoms with Crippen LogP contribution in [0.25, 0.3) is 0 Å². The maximum Gasteiger partial charge on any atom is 0.255 e. The molecule has 1 heterocycles. The van der Waals surface area contributed by atoms with E-state index in [2.05, 4.69) is 17.3 Å². The molecule has 1 aliphatic rings. The van der Waals surface area contributed by atoms with Crippen molar-refractivity contribution >= 4 is 5.91 Å². The van der Waals surface area contributed by atoms with Gasteiger partial charge >= 0.3 is 0 Å². The molecule has 2 N–H and O–H groups in total. The molecule has 1 aliphatic carbocycles. The molecule has 0 saturated heterocycles. The minimum Gasteiger partial charge on any atom is -0.394 e. The van der Waals surface area contributed by atoms with Gasteiger partial charge in [0.05, 0.1) is 23.9 Å². The van der Waals surface area contributed by atoms with E-state index in [1.165, 1.54) is 0 Å². The second-order valence-electron chi connectivity index (χ2n) is 6.02. The molecule has 1 unspecified atom stereocenters. The first kappa shape index (κ1) is 15.0. The SMILES string of the molecule is CCCCn1ncc(C(=O)NC(C)(CO)C2CC2)c1C. The van der Waals surface area contributed by atoms with Crippen LogP contribution >= 0.6 is 0 Å². The largest absolute Gasteiger partial charge is 0.394 e. The van der Waals surface area contributed by atoms with Gasteiger partial charge in [0.15, 0.2) is 0 Å². The van der Waals surface area contributed by atoms with Gasteiger partial charge in [0.2, 0.25) is 0 Å². The zero-order chi connectivity index (χ0) is 14.8. The highest BCUT2D eigenvalue weighted by Crippen LogP contribution is 2.39. The average Bonchev–Trinajstić information content (AvgIpc) is 3.22. The fraction of sp³-hybridized carbons (Fsp3) is 0.733. The molecular weight excluding hydrogens is 254 g/mol. The van der Waals surface area contributed by atoms with Gasteiger partial charge in [0.1, 0.15) is 0 Å². The normalized spacial score (nSPS) is 17.8. The Labute approximate surface area is 120 Å². The van der Waals surface area contributed by atoms with Gasteiger partial charge in [-0.2, -0.15) is 5.10 Å². The van der Waals surface area contributed by atoms with Crippen molar-refractivity contribution in [2.45, 2.75) is 58.5 Å². The van der Waals surface area contributed by atoms with Gasteiger partial charge in [-0.3, -0.25) is 9.48 Å². The minimum absolute atomic E-state index is 0.0214. The van der Waals surface area contributed by atoms with Gasteiger partial charge in [-0.05, 0) is 39.0 Å². The van der Waals surface area contributed by atoms with E-state index in [4.69, 9.17) is 0 Å². The number of nitrogens with one attached hydrogen (secondary N) is 1.